The standard InChI is InChI=1S/C18H29N3O2/c1-4-5-7-17(22)20-8-6-9-21(11-10-20)18(23)13-16-12-14(2)19-15(16)3/h12,19H,4-11,13H2,1-3H3. The average molecular weight is 319 g/mol. The van der Waals surface area contributed by atoms with Crippen molar-refractivity contribution in [3.05, 3.63) is 23.0 Å². The molecule has 5 heteroatoms. The highest BCUT2D eigenvalue weighted by Gasteiger charge is 2.22. The first-order valence-electron chi connectivity index (χ1n) is 8.72. The van der Waals surface area contributed by atoms with E-state index >= 15 is 0 Å². The molecule has 1 N–H and O–H groups in total. The Morgan fingerprint density at radius 3 is 2.30 bits per heavy atom. The van der Waals surface area contributed by atoms with Crippen molar-refractivity contribution in [3.63, 3.8) is 0 Å². The number of carbonyl (C=O) groups is 2. The van der Waals surface area contributed by atoms with Crippen LogP contribution in [0, 0.1) is 13.8 Å². The van der Waals surface area contributed by atoms with Crippen molar-refractivity contribution in [2.45, 2.75) is 52.9 Å². The van der Waals surface area contributed by atoms with Crippen molar-refractivity contribution >= 4 is 11.8 Å². The molecular weight excluding hydrogens is 290 g/mol. The first-order chi connectivity index (χ1) is 11.0. The Morgan fingerprint density at radius 2 is 1.74 bits per heavy atom. The maximum absolute atomic E-state index is 12.5. The monoisotopic (exact) mass is 319 g/mol. The second kappa shape index (κ2) is 8.18. The molecule has 0 saturated carbocycles. The lowest BCUT2D eigenvalue weighted by atomic mass is 10.1. The van der Waals surface area contributed by atoms with Crippen LogP contribution in [0.2, 0.25) is 0 Å². The Bertz CT molecular complexity index is 550. The van der Waals surface area contributed by atoms with E-state index in [1.165, 1.54) is 0 Å². The molecule has 0 unspecified atom stereocenters. The second-order valence-electron chi connectivity index (χ2n) is 6.50. The molecule has 1 aliphatic heterocycles. The molecule has 2 heterocycles. The largest absolute Gasteiger partial charge is 0.362 e. The number of amides is 2. The predicted octanol–water partition coefficient (Wildman–Crippen LogP) is 2.43. The van der Waals surface area contributed by atoms with Gasteiger partial charge in [0, 0.05) is 44.0 Å². The van der Waals surface area contributed by atoms with Gasteiger partial charge >= 0.3 is 0 Å². The summed E-state index contributed by atoms with van der Waals surface area (Å²) in [5.74, 6) is 0.396. The van der Waals surface area contributed by atoms with Gasteiger partial charge in [0.2, 0.25) is 11.8 Å². The van der Waals surface area contributed by atoms with Gasteiger partial charge in [-0.25, -0.2) is 0 Å². The average Bonchev–Trinajstić information content (AvgIpc) is 2.72. The number of rotatable bonds is 5. The van der Waals surface area contributed by atoms with Gasteiger partial charge in [-0.1, -0.05) is 13.3 Å². The van der Waals surface area contributed by atoms with E-state index < -0.39 is 0 Å². The van der Waals surface area contributed by atoms with E-state index in [-0.39, 0.29) is 11.8 Å². The zero-order valence-corrected chi connectivity index (χ0v) is 14.7. The predicted molar refractivity (Wildman–Crippen MR) is 91.3 cm³/mol. The smallest absolute Gasteiger partial charge is 0.227 e. The summed E-state index contributed by atoms with van der Waals surface area (Å²) in [4.78, 5) is 31.8. The highest BCUT2D eigenvalue weighted by atomic mass is 16.2. The first kappa shape index (κ1) is 17.6. The van der Waals surface area contributed by atoms with Crippen LogP contribution in [0.3, 0.4) is 0 Å². The zero-order chi connectivity index (χ0) is 16.8. The molecule has 1 saturated heterocycles. The van der Waals surface area contributed by atoms with Crippen LogP contribution in [0.4, 0.5) is 0 Å². The third kappa shape index (κ3) is 4.85. The molecular formula is C18H29N3O2. The Morgan fingerprint density at radius 1 is 1.09 bits per heavy atom. The second-order valence-corrected chi connectivity index (χ2v) is 6.50. The van der Waals surface area contributed by atoms with Crippen LogP contribution < -0.4 is 0 Å². The van der Waals surface area contributed by atoms with E-state index in [1.54, 1.807) is 0 Å². The molecule has 0 atom stereocenters. The number of nitrogens with zero attached hydrogens (tertiary/aromatic N) is 2. The minimum Gasteiger partial charge on any atom is -0.362 e. The van der Waals surface area contributed by atoms with Crippen molar-refractivity contribution in [3.8, 4) is 0 Å². The molecule has 1 fully saturated rings. The molecule has 2 rings (SSSR count). The summed E-state index contributed by atoms with van der Waals surface area (Å²) in [5.41, 5.74) is 3.24. The van der Waals surface area contributed by atoms with E-state index in [0.717, 1.165) is 49.3 Å². The van der Waals surface area contributed by atoms with Crippen LogP contribution in [-0.4, -0.2) is 52.8 Å². The SMILES string of the molecule is CCCCC(=O)N1CCCN(C(=O)Cc2cc(C)[nH]c2C)CC1. The molecule has 1 aromatic heterocycles. The van der Waals surface area contributed by atoms with Gasteiger partial charge in [-0.05, 0) is 38.3 Å². The fraction of sp³-hybridized carbons (Fsp3) is 0.667. The molecule has 1 aromatic rings. The van der Waals surface area contributed by atoms with Crippen molar-refractivity contribution in [1.29, 1.82) is 0 Å². The maximum atomic E-state index is 12.5. The first-order valence-corrected chi connectivity index (χ1v) is 8.72. The Balaban J connectivity index is 1.88. The molecule has 128 valence electrons. The van der Waals surface area contributed by atoms with Crippen LogP contribution >= 0.6 is 0 Å². The van der Waals surface area contributed by atoms with Gasteiger partial charge in [0.05, 0.1) is 6.42 Å². The van der Waals surface area contributed by atoms with Crippen LogP contribution in [0.1, 0.15) is 49.6 Å². The summed E-state index contributed by atoms with van der Waals surface area (Å²) >= 11 is 0. The van der Waals surface area contributed by atoms with Gasteiger partial charge in [-0.2, -0.15) is 0 Å². The van der Waals surface area contributed by atoms with E-state index in [4.69, 9.17) is 0 Å². The zero-order valence-electron chi connectivity index (χ0n) is 14.7. The quantitative estimate of drug-likeness (QED) is 0.906. The summed E-state index contributed by atoms with van der Waals surface area (Å²) in [6.07, 6.45) is 3.94. The topological polar surface area (TPSA) is 56.4 Å². The van der Waals surface area contributed by atoms with Crippen molar-refractivity contribution in [1.82, 2.24) is 14.8 Å². The lowest BCUT2D eigenvalue weighted by Crippen LogP contribution is -2.37. The number of H-pyrrole nitrogens is 1. The molecule has 0 spiro atoms. The van der Waals surface area contributed by atoms with E-state index in [1.807, 2.05) is 29.7 Å². The van der Waals surface area contributed by atoms with Gasteiger partial charge in [0.25, 0.3) is 0 Å². The fourth-order valence-corrected chi connectivity index (χ4v) is 3.14. The number of carbonyl (C=O) groups excluding carboxylic acids is 2. The highest BCUT2D eigenvalue weighted by molar-refractivity contribution is 5.79. The van der Waals surface area contributed by atoms with E-state index in [2.05, 4.69) is 11.9 Å². The minimum absolute atomic E-state index is 0.162. The molecule has 0 radical (unpaired) electrons. The lowest BCUT2D eigenvalue weighted by molar-refractivity contribution is -0.133. The van der Waals surface area contributed by atoms with Gasteiger partial charge < -0.3 is 14.8 Å². The highest BCUT2D eigenvalue weighted by Crippen LogP contribution is 2.13. The Kier molecular flexibility index (Phi) is 6.25. The van der Waals surface area contributed by atoms with Crippen LogP contribution in [0.15, 0.2) is 6.07 Å². The van der Waals surface area contributed by atoms with Gasteiger partial charge in [0.1, 0.15) is 0 Å². The van der Waals surface area contributed by atoms with Crippen molar-refractivity contribution < 1.29 is 9.59 Å². The lowest BCUT2D eigenvalue weighted by Gasteiger charge is -2.22. The van der Waals surface area contributed by atoms with Gasteiger partial charge in [-0.15, -0.1) is 0 Å². The van der Waals surface area contributed by atoms with Crippen molar-refractivity contribution in [2.24, 2.45) is 0 Å². The molecule has 0 aromatic carbocycles. The number of nitrogens with one attached hydrogen (secondary N) is 1. The number of aromatic nitrogens is 1. The Hall–Kier alpha value is -1.78. The number of aromatic amines is 1. The van der Waals surface area contributed by atoms with Crippen LogP contribution in [0.5, 0.6) is 0 Å². The summed E-state index contributed by atoms with van der Waals surface area (Å²) in [5, 5.41) is 0. The number of hydrogen-bond donors (Lipinski definition) is 1. The minimum atomic E-state index is 0.162. The van der Waals surface area contributed by atoms with Crippen molar-refractivity contribution in [2.75, 3.05) is 26.2 Å². The van der Waals surface area contributed by atoms with E-state index in [9.17, 15) is 9.59 Å². The number of aryl methyl sites for hydroxylation is 2. The van der Waals surface area contributed by atoms with Gasteiger partial charge in [0.15, 0.2) is 0 Å². The van der Waals surface area contributed by atoms with E-state index in [0.29, 0.717) is 25.9 Å². The third-order valence-corrected chi connectivity index (χ3v) is 4.54. The number of unbranched alkanes of at least 4 members (excludes halogenated alkanes) is 1. The Labute approximate surface area is 139 Å². The molecule has 2 amide bonds. The van der Waals surface area contributed by atoms with Gasteiger partial charge in [-0.3, -0.25) is 9.59 Å². The number of hydrogen-bond acceptors (Lipinski definition) is 2. The summed E-state index contributed by atoms with van der Waals surface area (Å²) in [6.45, 7) is 8.95. The molecule has 0 bridgehead atoms. The molecule has 23 heavy (non-hydrogen) atoms. The summed E-state index contributed by atoms with van der Waals surface area (Å²) < 4.78 is 0. The molecule has 5 nitrogen and oxygen atoms in total. The summed E-state index contributed by atoms with van der Waals surface area (Å²) in [6, 6.07) is 2.05. The fourth-order valence-electron chi connectivity index (χ4n) is 3.14. The van der Waals surface area contributed by atoms with Crippen LogP contribution in [-0.2, 0) is 16.0 Å². The third-order valence-electron chi connectivity index (χ3n) is 4.54. The maximum Gasteiger partial charge on any atom is 0.227 e. The molecule has 0 aliphatic carbocycles. The summed E-state index contributed by atoms with van der Waals surface area (Å²) in [7, 11) is 0. The van der Waals surface area contributed by atoms with Crippen LogP contribution in [0.25, 0.3) is 0 Å². The molecule has 1 aliphatic rings. The normalized spacial score (nSPS) is 15.6.